The summed E-state index contributed by atoms with van der Waals surface area (Å²) in [6.45, 7) is 1.26. The molecule has 0 fully saturated rings. The maximum absolute atomic E-state index is 11.8. The number of anilines is 1. The van der Waals surface area contributed by atoms with E-state index in [4.69, 9.17) is 27.9 Å². The third kappa shape index (κ3) is 4.59. The largest absolute Gasteiger partial charge is 0.452 e. The predicted octanol–water partition coefficient (Wildman–Crippen LogP) is 3.23. The molecule has 0 saturated heterocycles. The van der Waals surface area contributed by atoms with Crippen molar-refractivity contribution in [3.05, 3.63) is 51.9 Å². The highest BCUT2D eigenvalue weighted by Crippen LogP contribution is 2.28. The minimum atomic E-state index is -0.627. The Labute approximate surface area is 149 Å². The second kappa shape index (κ2) is 7.99. The van der Waals surface area contributed by atoms with Gasteiger partial charge in [0, 0.05) is 31.2 Å². The summed E-state index contributed by atoms with van der Waals surface area (Å²) in [5.41, 5.74) is 1.44. The molecule has 1 N–H and O–H groups in total. The maximum atomic E-state index is 11.8. The number of esters is 1. The molecular weight excluding hydrogens is 353 g/mol. The SMILES string of the molecule is Cc1c(Cl)cnc(NC(=O)COC(=O)/C=C/c2cccn2C)c1Cl. The van der Waals surface area contributed by atoms with Crippen molar-refractivity contribution in [1.82, 2.24) is 9.55 Å². The number of amides is 1. The Morgan fingerprint density at radius 2 is 2.17 bits per heavy atom. The Balaban J connectivity index is 1.87. The molecule has 0 aliphatic heterocycles. The average molecular weight is 368 g/mol. The quantitative estimate of drug-likeness (QED) is 0.650. The van der Waals surface area contributed by atoms with Crippen LogP contribution in [-0.4, -0.2) is 28.0 Å². The van der Waals surface area contributed by atoms with E-state index in [0.717, 1.165) is 5.69 Å². The highest BCUT2D eigenvalue weighted by atomic mass is 35.5. The summed E-state index contributed by atoms with van der Waals surface area (Å²) in [5.74, 6) is -1.01. The Bertz CT molecular complexity index is 800. The molecule has 8 heteroatoms. The van der Waals surface area contributed by atoms with Gasteiger partial charge in [-0.3, -0.25) is 4.79 Å². The van der Waals surface area contributed by atoms with Gasteiger partial charge in [0.2, 0.25) is 0 Å². The Morgan fingerprint density at radius 3 is 2.83 bits per heavy atom. The lowest BCUT2D eigenvalue weighted by molar-refractivity contribution is -0.142. The number of rotatable bonds is 5. The first kappa shape index (κ1) is 18.0. The van der Waals surface area contributed by atoms with Gasteiger partial charge in [0.25, 0.3) is 5.91 Å². The van der Waals surface area contributed by atoms with E-state index in [-0.39, 0.29) is 10.8 Å². The number of nitrogens with one attached hydrogen (secondary N) is 1. The first-order chi connectivity index (χ1) is 11.4. The number of ether oxygens (including phenoxy) is 1. The van der Waals surface area contributed by atoms with Gasteiger partial charge in [-0.1, -0.05) is 23.2 Å². The van der Waals surface area contributed by atoms with Crippen molar-refractivity contribution in [3.8, 4) is 0 Å². The van der Waals surface area contributed by atoms with Crippen molar-refractivity contribution >= 4 is 47.0 Å². The monoisotopic (exact) mass is 367 g/mol. The maximum Gasteiger partial charge on any atom is 0.331 e. The fraction of sp³-hybridized carbons (Fsp3) is 0.188. The highest BCUT2D eigenvalue weighted by molar-refractivity contribution is 6.37. The van der Waals surface area contributed by atoms with Gasteiger partial charge in [0.15, 0.2) is 12.4 Å². The van der Waals surface area contributed by atoms with Gasteiger partial charge < -0.3 is 14.6 Å². The molecule has 0 saturated carbocycles. The van der Waals surface area contributed by atoms with E-state index in [0.29, 0.717) is 10.6 Å². The number of halogens is 2. The summed E-state index contributed by atoms with van der Waals surface area (Å²) < 4.78 is 6.70. The Kier molecular flexibility index (Phi) is 6.00. The van der Waals surface area contributed by atoms with Gasteiger partial charge >= 0.3 is 5.97 Å². The molecule has 0 aliphatic rings. The molecule has 2 aromatic heterocycles. The van der Waals surface area contributed by atoms with Gasteiger partial charge in [-0.25, -0.2) is 9.78 Å². The van der Waals surface area contributed by atoms with E-state index in [2.05, 4.69) is 10.3 Å². The van der Waals surface area contributed by atoms with Gasteiger partial charge in [0.1, 0.15) is 0 Å². The van der Waals surface area contributed by atoms with Gasteiger partial charge in [-0.15, -0.1) is 0 Å². The minimum Gasteiger partial charge on any atom is -0.452 e. The summed E-state index contributed by atoms with van der Waals surface area (Å²) in [7, 11) is 1.85. The van der Waals surface area contributed by atoms with E-state index in [1.807, 2.05) is 29.9 Å². The van der Waals surface area contributed by atoms with Gasteiger partial charge in [-0.2, -0.15) is 0 Å². The van der Waals surface area contributed by atoms with Gasteiger partial charge in [0.05, 0.1) is 10.0 Å². The van der Waals surface area contributed by atoms with E-state index in [1.54, 1.807) is 13.0 Å². The zero-order valence-electron chi connectivity index (χ0n) is 13.0. The van der Waals surface area contributed by atoms with Crippen LogP contribution >= 0.6 is 23.2 Å². The molecule has 0 spiro atoms. The second-order valence-electron chi connectivity index (χ2n) is 4.93. The third-order valence-electron chi connectivity index (χ3n) is 3.18. The number of hydrogen-bond donors (Lipinski definition) is 1. The van der Waals surface area contributed by atoms with Crippen molar-refractivity contribution in [2.75, 3.05) is 11.9 Å². The third-order valence-corrected chi connectivity index (χ3v) is 4.02. The first-order valence-corrected chi connectivity index (χ1v) is 7.70. The van der Waals surface area contributed by atoms with Crippen LogP contribution in [-0.2, 0) is 21.4 Å². The fourth-order valence-electron chi connectivity index (χ4n) is 1.80. The topological polar surface area (TPSA) is 73.2 Å². The summed E-state index contributed by atoms with van der Waals surface area (Å²) in [4.78, 5) is 27.4. The minimum absolute atomic E-state index is 0.166. The number of carbonyl (C=O) groups excluding carboxylic acids is 2. The number of carbonyl (C=O) groups is 2. The Morgan fingerprint density at radius 1 is 1.42 bits per heavy atom. The standard InChI is InChI=1S/C16H15Cl2N3O3/c1-10-12(17)8-19-16(15(10)18)20-13(22)9-24-14(23)6-5-11-4-3-7-21(11)2/h3-8H,9H2,1-2H3,(H,19,20,22)/b6-5+. The van der Waals surface area contributed by atoms with Crippen LogP contribution < -0.4 is 5.32 Å². The van der Waals surface area contributed by atoms with E-state index in [9.17, 15) is 9.59 Å². The number of hydrogen-bond acceptors (Lipinski definition) is 4. The van der Waals surface area contributed by atoms with Crippen molar-refractivity contribution in [2.24, 2.45) is 7.05 Å². The molecule has 0 unspecified atom stereocenters. The van der Waals surface area contributed by atoms with Crippen LogP contribution in [0.1, 0.15) is 11.3 Å². The molecule has 24 heavy (non-hydrogen) atoms. The van der Waals surface area contributed by atoms with Crippen LogP contribution in [0.2, 0.25) is 10.0 Å². The molecule has 6 nitrogen and oxygen atoms in total. The van der Waals surface area contributed by atoms with Crippen LogP contribution in [0, 0.1) is 6.92 Å². The molecule has 0 radical (unpaired) electrons. The average Bonchev–Trinajstić information content (AvgIpc) is 2.96. The van der Waals surface area contributed by atoms with Crippen molar-refractivity contribution in [1.29, 1.82) is 0 Å². The van der Waals surface area contributed by atoms with E-state index in [1.165, 1.54) is 12.3 Å². The summed E-state index contributed by atoms with van der Waals surface area (Å²) in [6, 6.07) is 3.69. The highest BCUT2D eigenvalue weighted by Gasteiger charge is 2.12. The summed E-state index contributed by atoms with van der Waals surface area (Å²) in [5, 5.41) is 3.11. The number of pyridine rings is 1. The lowest BCUT2D eigenvalue weighted by Gasteiger charge is -2.09. The van der Waals surface area contributed by atoms with Gasteiger partial charge in [-0.05, 0) is 30.7 Å². The van der Waals surface area contributed by atoms with Crippen LogP contribution in [0.4, 0.5) is 5.82 Å². The number of aromatic nitrogens is 2. The molecule has 0 aromatic carbocycles. The molecule has 2 heterocycles. The molecule has 126 valence electrons. The Hall–Kier alpha value is -2.31. The summed E-state index contributed by atoms with van der Waals surface area (Å²) >= 11 is 11.9. The fourth-order valence-corrected chi connectivity index (χ4v) is 2.19. The van der Waals surface area contributed by atoms with Crippen molar-refractivity contribution in [3.63, 3.8) is 0 Å². The molecule has 0 aliphatic carbocycles. The molecule has 2 rings (SSSR count). The lowest BCUT2D eigenvalue weighted by atomic mass is 10.3. The number of nitrogens with zero attached hydrogens (tertiary/aromatic N) is 2. The molecule has 0 bridgehead atoms. The van der Waals surface area contributed by atoms with E-state index >= 15 is 0 Å². The second-order valence-corrected chi connectivity index (χ2v) is 5.71. The van der Waals surface area contributed by atoms with Crippen LogP contribution in [0.5, 0.6) is 0 Å². The smallest absolute Gasteiger partial charge is 0.331 e. The molecule has 0 atom stereocenters. The molecule has 2 aromatic rings. The lowest BCUT2D eigenvalue weighted by Crippen LogP contribution is -2.21. The summed E-state index contributed by atoms with van der Waals surface area (Å²) in [6.07, 6.45) is 6.08. The molecular formula is C16H15Cl2N3O3. The zero-order valence-corrected chi connectivity index (χ0v) is 14.6. The normalized spacial score (nSPS) is 10.8. The van der Waals surface area contributed by atoms with Crippen molar-refractivity contribution < 1.29 is 14.3 Å². The van der Waals surface area contributed by atoms with Crippen molar-refractivity contribution in [2.45, 2.75) is 6.92 Å². The zero-order chi connectivity index (χ0) is 17.7. The van der Waals surface area contributed by atoms with Crippen LogP contribution in [0.3, 0.4) is 0 Å². The number of aryl methyl sites for hydroxylation is 1. The molecule has 1 amide bonds. The van der Waals surface area contributed by atoms with E-state index < -0.39 is 18.5 Å². The van der Waals surface area contributed by atoms with Crippen LogP contribution in [0.15, 0.2) is 30.6 Å². The predicted molar refractivity (Wildman–Crippen MR) is 93.0 cm³/mol. The van der Waals surface area contributed by atoms with Crippen LogP contribution in [0.25, 0.3) is 6.08 Å². The first-order valence-electron chi connectivity index (χ1n) is 6.95.